The predicted octanol–water partition coefficient (Wildman–Crippen LogP) is 3.37. The first-order chi connectivity index (χ1) is 9.65. The number of piperidine rings is 1. The third-order valence-corrected chi connectivity index (χ3v) is 5.99. The minimum atomic E-state index is 0.554. The van der Waals surface area contributed by atoms with Crippen LogP contribution in [0.4, 0.5) is 0 Å². The van der Waals surface area contributed by atoms with Gasteiger partial charge in [0, 0.05) is 36.0 Å². The van der Waals surface area contributed by atoms with Crippen LogP contribution in [-0.2, 0) is 6.54 Å². The van der Waals surface area contributed by atoms with Crippen LogP contribution in [0.3, 0.4) is 0 Å². The maximum atomic E-state index is 4.81. The van der Waals surface area contributed by atoms with Crippen molar-refractivity contribution in [2.24, 2.45) is 0 Å². The molecule has 0 amide bonds. The summed E-state index contributed by atoms with van der Waals surface area (Å²) in [5.41, 5.74) is 1.27. The van der Waals surface area contributed by atoms with Crippen molar-refractivity contribution in [2.75, 3.05) is 6.54 Å². The Kier molecular flexibility index (Phi) is 4.43. The molecule has 3 rings (SSSR count). The molecule has 20 heavy (non-hydrogen) atoms. The zero-order chi connectivity index (χ0) is 14.1. The Labute approximate surface area is 126 Å². The van der Waals surface area contributed by atoms with Gasteiger partial charge in [-0.2, -0.15) is 0 Å². The van der Waals surface area contributed by atoms with E-state index in [1.165, 1.54) is 36.4 Å². The minimum absolute atomic E-state index is 0.554. The lowest BCUT2D eigenvalue weighted by Crippen LogP contribution is -2.47. The van der Waals surface area contributed by atoms with Gasteiger partial charge in [0.1, 0.15) is 0 Å². The standard InChI is InChI=1S/C16H27N3S/c1-4-19(9-14-10-20-16(18-14)11(2)3)15-7-12-5-6-13(8-15)17-12/h10-13,15,17H,4-9H2,1-3H3. The Balaban J connectivity index is 1.64. The molecule has 1 aromatic heterocycles. The molecule has 0 radical (unpaired) electrons. The van der Waals surface area contributed by atoms with Crippen molar-refractivity contribution in [3.63, 3.8) is 0 Å². The van der Waals surface area contributed by atoms with Crippen LogP contribution >= 0.6 is 11.3 Å². The van der Waals surface area contributed by atoms with Gasteiger partial charge in [0.2, 0.25) is 0 Å². The van der Waals surface area contributed by atoms with E-state index in [4.69, 9.17) is 4.98 Å². The van der Waals surface area contributed by atoms with Crippen LogP contribution in [0.1, 0.15) is 63.1 Å². The second-order valence-electron chi connectivity index (χ2n) is 6.66. The number of nitrogens with one attached hydrogen (secondary N) is 1. The smallest absolute Gasteiger partial charge is 0.0954 e. The summed E-state index contributed by atoms with van der Waals surface area (Å²) in [5.74, 6) is 0.554. The average molecular weight is 293 g/mol. The minimum Gasteiger partial charge on any atom is -0.311 e. The van der Waals surface area contributed by atoms with E-state index in [0.717, 1.165) is 31.2 Å². The van der Waals surface area contributed by atoms with E-state index in [0.29, 0.717) is 5.92 Å². The highest BCUT2D eigenvalue weighted by Crippen LogP contribution is 2.30. The van der Waals surface area contributed by atoms with E-state index >= 15 is 0 Å². The molecular formula is C16H27N3S. The van der Waals surface area contributed by atoms with E-state index in [2.05, 4.69) is 36.4 Å². The molecule has 2 saturated heterocycles. The largest absolute Gasteiger partial charge is 0.311 e. The molecule has 1 N–H and O–H groups in total. The molecule has 2 bridgehead atoms. The highest BCUT2D eigenvalue weighted by Gasteiger charge is 2.35. The molecule has 0 aliphatic carbocycles. The van der Waals surface area contributed by atoms with Gasteiger partial charge in [0.25, 0.3) is 0 Å². The summed E-state index contributed by atoms with van der Waals surface area (Å²) in [4.78, 5) is 7.45. The van der Waals surface area contributed by atoms with Gasteiger partial charge < -0.3 is 5.32 Å². The fraction of sp³-hybridized carbons (Fsp3) is 0.812. The van der Waals surface area contributed by atoms with Crippen LogP contribution < -0.4 is 5.32 Å². The van der Waals surface area contributed by atoms with Gasteiger partial charge in [-0.1, -0.05) is 20.8 Å². The lowest BCUT2D eigenvalue weighted by atomic mass is 9.98. The lowest BCUT2D eigenvalue weighted by molar-refractivity contribution is 0.139. The van der Waals surface area contributed by atoms with Gasteiger partial charge in [-0.05, 0) is 32.2 Å². The molecule has 3 heterocycles. The quantitative estimate of drug-likeness (QED) is 0.902. The third-order valence-electron chi connectivity index (χ3n) is 4.80. The molecule has 2 aliphatic rings. The fourth-order valence-electron chi connectivity index (χ4n) is 3.69. The van der Waals surface area contributed by atoms with Crippen molar-refractivity contribution < 1.29 is 0 Å². The Hall–Kier alpha value is -0.450. The molecular weight excluding hydrogens is 266 g/mol. The summed E-state index contributed by atoms with van der Waals surface area (Å²) < 4.78 is 0. The highest BCUT2D eigenvalue weighted by atomic mass is 32.1. The number of thiazole rings is 1. The fourth-order valence-corrected chi connectivity index (χ4v) is 4.52. The van der Waals surface area contributed by atoms with Crippen LogP contribution in [0.5, 0.6) is 0 Å². The van der Waals surface area contributed by atoms with E-state index in [1.807, 2.05) is 11.3 Å². The second-order valence-corrected chi connectivity index (χ2v) is 7.55. The zero-order valence-corrected chi connectivity index (χ0v) is 13.7. The summed E-state index contributed by atoms with van der Waals surface area (Å²) in [6.07, 6.45) is 5.41. The molecule has 2 aliphatic heterocycles. The summed E-state index contributed by atoms with van der Waals surface area (Å²) in [6, 6.07) is 2.30. The SMILES string of the molecule is CCN(Cc1csc(C(C)C)n1)C1CC2CCC(C1)N2. The van der Waals surface area contributed by atoms with Crippen LogP contribution in [0.2, 0.25) is 0 Å². The van der Waals surface area contributed by atoms with E-state index in [-0.39, 0.29) is 0 Å². The van der Waals surface area contributed by atoms with Crippen molar-refractivity contribution in [2.45, 2.75) is 77.0 Å². The summed E-state index contributed by atoms with van der Waals surface area (Å²) in [6.45, 7) is 8.91. The van der Waals surface area contributed by atoms with E-state index in [9.17, 15) is 0 Å². The molecule has 2 unspecified atom stereocenters. The number of hydrogen-bond acceptors (Lipinski definition) is 4. The van der Waals surface area contributed by atoms with Crippen molar-refractivity contribution >= 4 is 11.3 Å². The molecule has 2 atom stereocenters. The maximum Gasteiger partial charge on any atom is 0.0954 e. The molecule has 0 spiro atoms. The molecule has 0 saturated carbocycles. The summed E-state index contributed by atoms with van der Waals surface area (Å²) in [7, 11) is 0. The maximum absolute atomic E-state index is 4.81. The monoisotopic (exact) mass is 293 g/mol. The van der Waals surface area contributed by atoms with Crippen molar-refractivity contribution in [3.8, 4) is 0 Å². The first kappa shape index (κ1) is 14.5. The number of fused-ring (bicyclic) bond motifs is 2. The van der Waals surface area contributed by atoms with Gasteiger partial charge in [-0.15, -0.1) is 11.3 Å². The molecule has 2 fully saturated rings. The first-order valence-corrected chi connectivity index (χ1v) is 8.98. The van der Waals surface area contributed by atoms with E-state index < -0.39 is 0 Å². The molecule has 3 nitrogen and oxygen atoms in total. The molecule has 0 aromatic carbocycles. The predicted molar refractivity (Wildman–Crippen MR) is 85.3 cm³/mol. The van der Waals surface area contributed by atoms with Crippen LogP contribution in [0.15, 0.2) is 5.38 Å². The summed E-state index contributed by atoms with van der Waals surface area (Å²) >= 11 is 1.82. The van der Waals surface area contributed by atoms with Crippen LogP contribution in [0, 0.1) is 0 Å². The first-order valence-electron chi connectivity index (χ1n) is 8.10. The van der Waals surface area contributed by atoms with Gasteiger partial charge >= 0.3 is 0 Å². The Bertz CT molecular complexity index is 431. The lowest BCUT2D eigenvalue weighted by Gasteiger charge is -2.37. The molecule has 1 aromatic rings. The van der Waals surface area contributed by atoms with Crippen molar-refractivity contribution in [1.29, 1.82) is 0 Å². The Morgan fingerprint density at radius 2 is 2.05 bits per heavy atom. The second kappa shape index (κ2) is 6.12. The van der Waals surface area contributed by atoms with Gasteiger partial charge in [-0.3, -0.25) is 4.90 Å². The number of hydrogen-bond donors (Lipinski definition) is 1. The van der Waals surface area contributed by atoms with Crippen molar-refractivity contribution in [3.05, 3.63) is 16.1 Å². The Morgan fingerprint density at radius 3 is 2.60 bits per heavy atom. The van der Waals surface area contributed by atoms with Crippen LogP contribution in [0.25, 0.3) is 0 Å². The Morgan fingerprint density at radius 1 is 1.35 bits per heavy atom. The number of nitrogens with zero attached hydrogens (tertiary/aromatic N) is 2. The third kappa shape index (κ3) is 3.07. The van der Waals surface area contributed by atoms with E-state index in [1.54, 1.807) is 0 Å². The van der Waals surface area contributed by atoms with Gasteiger partial charge in [0.15, 0.2) is 0 Å². The average Bonchev–Trinajstić information content (AvgIpc) is 3.03. The van der Waals surface area contributed by atoms with Gasteiger partial charge in [0.05, 0.1) is 10.7 Å². The normalized spacial score (nSPS) is 29.6. The van der Waals surface area contributed by atoms with Gasteiger partial charge in [-0.25, -0.2) is 4.98 Å². The van der Waals surface area contributed by atoms with Crippen molar-refractivity contribution in [1.82, 2.24) is 15.2 Å². The zero-order valence-electron chi connectivity index (χ0n) is 12.9. The number of rotatable bonds is 5. The number of aromatic nitrogens is 1. The summed E-state index contributed by atoms with van der Waals surface area (Å²) in [5, 5.41) is 7.28. The molecule has 4 heteroatoms. The molecule has 112 valence electrons. The highest BCUT2D eigenvalue weighted by molar-refractivity contribution is 7.09. The van der Waals surface area contributed by atoms with Crippen LogP contribution in [-0.4, -0.2) is 34.6 Å². The topological polar surface area (TPSA) is 28.2 Å².